The quantitative estimate of drug-likeness (QED) is 0.378. The first-order valence-corrected chi connectivity index (χ1v) is 10.3. The maximum Gasteiger partial charge on any atom is 0.348 e. The molecule has 33 heavy (non-hydrogen) atoms. The van der Waals surface area contributed by atoms with E-state index < -0.39 is 11.3 Å². The van der Waals surface area contributed by atoms with Crippen molar-refractivity contribution >= 4 is 23.1 Å². The summed E-state index contributed by atoms with van der Waals surface area (Å²) in [4.78, 5) is 26.0. The number of rotatable bonds is 4. The van der Waals surface area contributed by atoms with E-state index in [-0.39, 0.29) is 33.6 Å². The molecule has 2 aromatic heterocycles. The molecule has 5 rings (SSSR count). The molecule has 1 N–H and O–H groups in total. The Morgan fingerprint density at radius 3 is 1.73 bits per heavy atom. The Morgan fingerprint density at radius 1 is 0.606 bits per heavy atom. The van der Waals surface area contributed by atoms with E-state index in [2.05, 4.69) is 0 Å². The molecule has 5 aromatic rings. The first kappa shape index (κ1) is 20.3. The average Bonchev–Trinajstić information content (AvgIpc) is 2.84. The zero-order chi connectivity index (χ0) is 22.8. The van der Waals surface area contributed by atoms with E-state index in [1.807, 2.05) is 42.5 Å². The summed E-state index contributed by atoms with van der Waals surface area (Å²) in [6.07, 6.45) is 3.34. The van der Waals surface area contributed by atoms with Gasteiger partial charge in [0.25, 0.3) is 0 Å². The number of fused-ring (bicyclic) bond motifs is 1. The molecule has 160 valence electrons. The van der Waals surface area contributed by atoms with E-state index in [1.54, 1.807) is 60.7 Å². The molecule has 0 spiro atoms. The van der Waals surface area contributed by atoms with Crippen LogP contribution in [-0.4, -0.2) is 5.11 Å². The molecule has 0 saturated heterocycles. The van der Waals surface area contributed by atoms with Crippen LogP contribution in [0, 0.1) is 0 Å². The fourth-order valence-electron chi connectivity index (χ4n) is 3.79. The molecule has 0 bridgehead atoms. The molecule has 0 saturated carbocycles. The zero-order valence-corrected chi connectivity index (χ0v) is 17.4. The van der Waals surface area contributed by atoms with Gasteiger partial charge >= 0.3 is 11.3 Å². The minimum absolute atomic E-state index is 0.00493. The van der Waals surface area contributed by atoms with Gasteiger partial charge in [0.2, 0.25) is 0 Å². The van der Waals surface area contributed by atoms with E-state index in [0.717, 1.165) is 5.56 Å². The van der Waals surface area contributed by atoms with Crippen molar-refractivity contribution in [3.8, 4) is 28.0 Å². The summed E-state index contributed by atoms with van der Waals surface area (Å²) in [5.74, 6) is -0.210. The summed E-state index contributed by atoms with van der Waals surface area (Å²) < 4.78 is 11.3. The lowest BCUT2D eigenvalue weighted by Gasteiger charge is -2.11. The van der Waals surface area contributed by atoms with Crippen LogP contribution in [0.1, 0.15) is 11.3 Å². The third-order valence-corrected chi connectivity index (χ3v) is 5.33. The molecule has 0 unspecified atom stereocenters. The molecule has 0 atom stereocenters. The van der Waals surface area contributed by atoms with Crippen molar-refractivity contribution < 1.29 is 13.9 Å². The number of benzene rings is 3. The lowest BCUT2D eigenvalue weighted by Crippen LogP contribution is -2.10. The maximum absolute atomic E-state index is 13.0. The highest BCUT2D eigenvalue weighted by Crippen LogP contribution is 2.38. The Labute approximate surface area is 188 Å². The van der Waals surface area contributed by atoms with Crippen LogP contribution in [-0.2, 0) is 0 Å². The predicted molar refractivity (Wildman–Crippen MR) is 129 cm³/mol. The van der Waals surface area contributed by atoms with Gasteiger partial charge in [-0.15, -0.1) is 0 Å². The molecule has 0 radical (unpaired) electrons. The Hall–Kier alpha value is -4.64. The molecule has 0 aliphatic heterocycles. The Balaban J connectivity index is 1.86. The molecule has 5 heteroatoms. The second-order valence-corrected chi connectivity index (χ2v) is 7.42. The van der Waals surface area contributed by atoms with Crippen molar-refractivity contribution in [1.29, 1.82) is 0 Å². The molecule has 0 amide bonds. The second-order valence-electron chi connectivity index (χ2n) is 7.42. The predicted octanol–water partition coefficient (Wildman–Crippen LogP) is 5.96. The van der Waals surface area contributed by atoms with Crippen molar-refractivity contribution in [1.82, 2.24) is 0 Å². The van der Waals surface area contributed by atoms with Crippen molar-refractivity contribution in [3.05, 3.63) is 123 Å². The standard InChI is InChI=1S/C28H18O5/c29-25-22(19-12-6-2-7-13-19)27(30)33-26-23(20-14-8-3-9-15-20)28(31)32-21(24(25)26)17-16-18-10-4-1-5-11-18/h1-17,29H/b17-16+. The number of hydrogen-bond donors (Lipinski definition) is 1. The molecular formula is C28H18O5. The highest BCUT2D eigenvalue weighted by molar-refractivity contribution is 6.02. The molecular weight excluding hydrogens is 416 g/mol. The molecule has 0 aliphatic rings. The molecule has 0 fully saturated rings. The van der Waals surface area contributed by atoms with E-state index in [9.17, 15) is 14.7 Å². The van der Waals surface area contributed by atoms with Crippen LogP contribution < -0.4 is 11.3 Å². The molecule has 3 aromatic carbocycles. The molecule has 5 nitrogen and oxygen atoms in total. The van der Waals surface area contributed by atoms with Gasteiger partial charge in [0.1, 0.15) is 28.0 Å². The second kappa shape index (κ2) is 8.48. The van der Waals surface area contributed by atoms with Gasteiger partial charge in [-0.25, -0.2) is 9.59 Å². The lowest BCUT2D eigenvalue weighted by molar-refractivity contribution is 0.459. The summed E-state index contributed by atoms with van der Waals surface area (Å²) in [6.45, 7) is 0. The van der Waals surface area contributed by atoms with E-state index in [0.29, 0.717) is 11.1 Å². The van der Waals surface area contributed by atoms with E-state index >= 15 is 0 Å². The maximum atomic E-state index is 13.0. The fourth-order valence-corrected chi connectivity index (χ4v) is 3.79. The van der Waals surface area contributed by atoms with Crippen molar-refractivity contribution in [2.75, 3.05) is 0 Å². The minimum Gasteiger partial charge on any atom is -0.506 e. The van der Waals surface area contributed by atoms with Gasteiger partial charge < -0.3 is 13.9 Å². The molecule has 2 heterocycles. The lowest BCUT2D eigenvalue weighted by atomic mass is 10.0. The van der Waals surface area contributed by atoms with Crippen molar-refractivity contribution in [3.63, 3.8) is 0 Å². The Morgan fingerprint density at radius 2 is 1.12 bits per heavy atom. The Bertz CT molecular complexity index is 1580. The van der Waals surface area contributed by atoms with Gasteiger partial charge in [-0.05, 0) is 22.8 Å². The fraction of sp³-hybridized carbons (Fsp3) is 0. The van der Waals surface area contributed by atoms with Crippen LogP contribution in [0.25, 0.3) is 45.4 Å². The first-order valence-electron chi connectivity index (χ1n) is 10.3. The van der Waals surface area contributed by atoms with Gasteiger partial charge in [0, 0.05) is 0 Å². The summed E-state index contributed by atoms with van der Waals surface area (Å²) in [6, 6.07) is 27.0. The smallest absolute Gasteiger partial charge is 0.348 e. The summed E-state index contributed by atoms with van der Waals surface area (Å²) >= 11 is 0. The normalized spacial score (nSPS) is 11.3. The molecule has 0 aliphatic carbocycles. The van der Waals surface area contributed by atoms with Crippen LogP contribution in [0.5, 0.6) is 5.75 Å². The van der Waals surface area contributed by atoms with Gasteiger partial charge in [-0.2, -0.15) is 0 Å². The monoisotopic (exact) mass is 434 g/mol. The Kier molecular flexibility index (Phi) is 5.21. The van der Waals surface area contributed by atoms with Crippen LogP contribution in [0.3, 0.4) is 0 Å². The topological polar surface area (TPSA) is 80.7 Å². The highest BCUT2D eigenvalue weighted by atomic mass is 16.4. The minimum atomic E-state index is -0.744. The van der Waals surface area contributed by atoms with E-state index in [4.69, 9.17) is 8.83 Å². The van der Waals surface area contributed by atoms with Crippen LogP contribution in [0.2, 0.25) is 0 Å². The van der Waals surface area contributed by atoms with Crippen LogP contribution in [0.4, 0.5) is 0 Å². The third-order valence-electron chi connectivity index (χ3n) is 5.33. The van der Waals surface area contributed by atoms with Gasteiger partial charge in [0.05, 0.1) is 0 Å². The van der Waals surface area contributed by atoms with E-state index in [1.165, 1.54) is 0 Å². The summed E-state index contributed by atoms with van der Waals surface area (Å²) in [5.41, 5.74) is 0.539. The van der Waals surface area contributed by atoms with Gasteiger partial charge in [-0.3, -0.25) is 0 Å². The van der Waals surface area contributed by atoms with Crippen molar-refractivity contribution in [2.45, 2.75) is 0 Å². The number of aromatic hydroxyl groups is 1. The number of hydrogen-bond acceptors (Lipinski definition) is 5. The summed E-state index contributed by atoms with van der Waals surface area (Å²) in [5, 5.41) is 11.4. The van der Waals surface area contributed by atoms with Gasteiger partial charge in [0.15, 0.2) is 5.58 Å². The SMILES string of the molecule is O=c1oc2c(-c3ccccc3)c(=O)oc(/C=C/c3ccccc3)c2c(O)c1-c1ccccc1. The average molecular weight is 434 g/mol. The van der Waals surface area contributed by atoms with Crippen LogP contribution in [0.15, 0.2) is 109 Å². The highest BCUT2D eigenvalue weighted by Gasteiger charge is 2.24. The first-order chi connectivity index (χ1) is 16.1. The third kappa shape index (κ3) is 3.77. The van der Waals surface area contributed by atoms with Crippen LogP contribution >= 0.6 is 0 Å². The zero-order valence-electron chi connectivity index (χ0n) is 17.4. The largest absolute Gasteiger partial charge is 0.506 e. The summed E-state index contributed by atoms with van der Waals surface area (Å²) in [7, 11) is 0. The van der Waals surface area contributed by atoms with Gasteiger partial charge in [-0.1, -0.05) is 97.1 Å². The van der Waals surface area contributed by atoms with Crippen molar-refractivity contribution in [2.24, 2.45) is 0 Å².